The molecule has 1 aliphatic rings. The van der Waals surface area contributed by atoms with Crippen LogP contribution in [0, 0.1) is 0 Å². The standard InChI is InChI=1S/C13H24N2O2S2/c1-3-18-8-9-19-10-12(11-6-4-5-7-11)15-17-13(16)14-2/h15H,3-10H2,1-2H3,(H,14,16). The summed E-state index contributed by atoms with van der Waals surface area (Å²) in [5, 5.41) is 2.44. The molecule has 0 aromatic carbocycles. The van der Waals surface area contributed by atoms with Crippen molar-refractivity contribution in [2.45, 2.75) is 32.6 Å². The molecule has 19 heavy (non-hydrogen) atoms. The lowest BCUT2D eigenvalue weighted by Gasteiger charge is -2.13. The van der Waals surface area contributed by atoms with E-state index < -0.39 is 6.09 Å². The zero-order valence-electron chi connectivity index (χ0n) is 11.8. The van der Waals surface area contributed by atoms with Crippen molar-refractivity contribution >= 4 is 29.6 Å². The van der Waals surface area contributed by atoms with Crippen LogP contribution in [0.2, 0.25) is 0 Å². The van der Waals surface area contributed by atoms with Crippen molar-refractivity contribution in [2.24, 2.45) is 0 Å². The molecule has 6 heteroatoms. The van der Waals surface area contributed by atoms with Crippen LogP contribution in [0.4, 0.5) is 4.79 Å². The van der Waals surface area contributed by atoms with Gasteiger partial charge in [-0.2, -0.15) is 23.5 Å². The van der Waals surface area contributed by atoms with Crippen LogP contribution in [0.3, 0.4) is 0 Å². The zero-order valence-corrected chi connectivity index (χ0v) is 13.4. The van der Waals surface area contributed by atoms with Crippen molar-refractivity contribution < 1.29 is 9.63 Å². The van der Waals surface area contributed by atoms with Crippen molar-refractivity contribution in [3.63, 3.8) is 0 Å². The molecule has 4 nitrogen and oxygen atoms in total. The molecule has 1 rings (SSSR count). The Hall–Kier alpha value is -0.490. The first kappa shape index (κ1) is 16.6. The van der Waals surface area contributed by atoms with Crippen LogP contribution in [0.1, 0.15) is 32.6 Å². The smallest absolute Gasteiger partial charge is 0.325 e. The van der Waals surface area contributed by atoms with Gasteiger partial charge in [0, 0.05) is 24.3 Å². The molecule has 1 amide bonds. The van der Waals surface area contributed by atoms with E-state index in [1.54, 1.807) is 7.05 Å². The highest BCUT2D eigenvalue weighted by Crippen LogP contribution is 2.27. The average molecular weight is 304 g/mol. The lowest BCUT2D eigenvalue weighted by Crippen LogP contribution is -2.28. The second kappa shape index (κ2) is 10.3. The average Bonchev–Trinajstić information content (AvgIpc) is 2.95. The van der Waals surface area contributed by atoms with E-state index in [9.17, 15) is 4.79 Å². The summed E-state index contributed by atoms with van der Waals surface area (Å²) < 4.78 is 0. The van der Waals surface area contributed by atoms with Gasteiger partial charge in [-0.05, 0) is 37.0 Å². The lowest BCUT2D eigenvalue weighted by atomic mass is 10.2. The minimum Gasteiger partial charge on any atom is -0.325 e. The molecule has 110 valence electrons. The van der Waals surface area contributed by atoms with Gasteiger partial charge in [0.05, 0.1) is 5.70 Å². The van der Waals surface area contributed by atoms with Gasteiger partial charge >= 0.3 is 6.09 Å². The van der Waals surface area contributed by atoms with Crippen molar-refractivity contribution in [3.8, 4) is 0 Å². The van der Waals surface area contributed by atoms with Gasteiger partial charge in [0.25, 0.3) is 0 Å². The number of hydroxylamine groups is 1. The second-order valence-corrected chi connectivity index (χ2v) is 6.78. The van der Waals surface area contributed by atoms with Crippen molar-refractivity contribution in [1.29, 1.82) is 0 Å². The van der Waals surface area contributed by atoms with Gasteiger partial charge in [0.15, 0.2) is 0 Å². The Morgan fingerprint density at radius 2 is 1.95 bits per heavy atom. The van der Waals surface area contributed by atoms with Crippen molar-refractivity contribution in [1.82, 2.24) is 10.8 Å². The maximum atomic E-state index is 11.1. The Kier molecular flexibility index (Phi) is 8.99. The van der Waals surface area contributed by atoms with Crippen LogP contribution in [0.15, 0.2) is 11.3 Å². The Morgan fingerprint density at radius 3 is 2.58 bits per heavy atom. The molecule has 0 unspecified atom stereocenters. The highest BCUT2D eigenvalue weighted by atomic mass is 32.2. The molecule has 0 heterocycles. The number of amides is 1. The molecule has 0 aromatic heterocycles. The van der Waals surface area contributed by atoms with Gasteiger partial charge in [-0.3, -0.25) is 0 Å². The summed E-state index contributed by atoms with van der Waals surface area (Å²) >= 11 is 3.86. The van der Waals surface area contributed by atoms with Crippen molar-refractivity contribution in [2.75, 3.05) is 30.1 Å². The van der Waals surface area contributed by atoms with E-state index in [0.29, 0.717) is 0 Å². The van der Waals surface area contributed by atoms with Gasteiger partial charge in [0.1, 0.15) is 0 Å². The minimum absolute atomic E-state index is 0.442. The van der Waals surface area contributed by atoms with Crippen LogP contribution in [0.5, 0.6) is 0 Å². The van der Waals surface area contributed by atoms with Crippen LogP contribution in [-0.4, -0.2) is 36.2 Å². The van der Waals surface area contributed by atoms with Gasteiger partial charge in [-0.1, -0.05) is 6.92 Å². The highest BCUT2D eigenvalue weighted by molar-refractivity contribution is 8.03. The predicted octanol–water partition coefficient (Wildman–Crippen LogP) is 3.16. The minimum atomic E-state index is -0.442. The SMILES string of the molecule is CCSCCSCC(NOC(=O)NC)=C1CCCC1. The summed E-state index contributed by atoms with van der Waals surface area (Å²) in [5.41, 5.74) is 5.35. The second-order valence-electron chi connectivity index (χ2n) is 4.28. The number of hydrogen-bond acceptors (Lipinski definition) is 5. The Morgan fingerprint density at radius 1 is 1.26 bits per heavy atom. The number of carbonyl (C=O) groups is 1. The lowest BCUT2D eigenvalue weighted by molar-refractivity contribution is 0.107. The predicted molar refractivity (Wildman–Crippen MR) is 84.5 cm³/mol. The Labute approximate surface area is 124 Å². The fourth-order valence-electron chi connectivity index (χ4n) is 1.90. The molecule has 0 bridgehead atoms. The Bertz CT molecular complexity index is 301. The maximum absolute atomic E-state index is 11.1. The molecule has 1 aliphatic carbocycles. The van der Waals surface area contributed by atoms with E-state index in [1.807, 2.05) is 23.5 Å². The van der Waals surface area contributed by atoms with E-state index >= 15 is 0 Å². The number of carbonyl (C=O) groups excluding carboxylic acids is 1. The summed E-state index contributed by atoms with van der Waals surface area (Å²) in [6, 6.07) is 0. The molecule has 1 saturated carbocycles. The number of allylic oxidation sites excluding steroid dienone is 1. The number of nitrogens with one attached hydrogen (secondary N) is 2. The fraction of sp³-hybridized carbons (Fsp3) is 0.769. The van der Waals surface area contributed by atoms with E-state index in [1.165, 1.54) is 29.9 Å². The number of hydrogen-bond donors (Lipinski definition) is 2. The van der Waals surface area contributed by atoms with Gasteiger partial charge in [-0.25, -0.2) is 10.3 Å². The first-order valence-corrected chi connectivity index (χ1v) is 9.09. The third-order valence-electron chi connectivity index (χ3n) is 2.93. The number of rotatable bonds is 8. The fourth-order valence-corrected chi connectivity index (χ4v) is 3.75. The first-order chi connectivity index (χ1) is 9.27. The van der Waals surface area contributed by atoms with E-state index in [2.05, 4.69) is 17.7 Å². The molecule has 0 radical (unpaired) electrons. The van der Waals surface area contributed by atoms with E-state index in [-0.39, 0.29) is 0 Å². The molecule has 0 spiro atoms. The largest absolute Gasteiger partial charge is 0.431 e. The van der Waals surface area contributed by atoms with Crippen LogP contribution < -0.4 is 10.8 Å². The van der Waals surface area contributed by atoms with Crippen molar-refractivity contribution in [3.05, 3.63) is 11.3 Å². The molecule has 2 N–H and O–H groups in total. The van der Waals surface area contributed by atoms with Gasteiger partial charge < -0.3 is 10.2 Å². The molecule has 0 saturated heterocycles. The zero-order chi connectivity index (χ0) is 13.9. The van der Waals surface area contributed by atoms with Crippen LogP contribution >= 0.6 is 23.5 Å². The third kappa shape index (κ3) is 7.01. The maximum Gasteiger partial charge on any atom is 0.431 e. The molecule has 0 aliphatic heterocycles. The molecule has 1 fully saturated rings. The van der Waals surface area contributed by atoms with Crippen LogP contribution in [-0.2, 0) is 4.84 Å². The van der Waals surface area contributed by atoms with Gasteiger partial charge in [-0.15, -0.1) is 0 Å². The normalized spacial score (nSPS) is 14.3. The molecule has 0 aromatic rings. The molecular weight excluding hydrogens is 280 g/mol. The monoisotopic (exact) mass is 304 g/mol. The first-order valence-electron chi connectivity index (χ1n) is 6.78. The third-order valence-corrected chi connectivity index (χ3v) is 5.07. The quantitative estimate of drug-likeness (QED) is 0.533. The molecular formula is C13H24N2O2S2. The molecule has 0 atom stereocenters. The summed E-state index contributed by atoms with van der Waals surface area (Å²) in [7, 11) is 1.56. The highest BCUT2D eigenvalue weighted by Gasteiger charge is 2.14. The summed E-state index contributed by atoms with van der Waals surface area (Å²) in [6.07, 6.45) is 4.31. The topological polar surface area (TPSA) is 50.4 Å². The van der Waals surface area contributed by atoms with E-state index in [0.717, 1.165) is 30.0 Å². The van der Waals surface area contributed by atoms with E-state index in [4.69, 9.17) is 4.84 Å². The summed E-state index contributed by atoms with van der Waals surface area (Å²) in [4.78, 5) is 16.1. The van der Waals surface area contributed by atoms with Gasteiger partial charge in [0.2, 0.25) is 0 Å². The number of thioether (sulfide) groups is 2. The summed E-state index contributed by atoms with van der Waals surface area (Å²) in [6.45, 7) is 2.18. The summed E-state index contributed by atoms with van der Waals surface area (Å²) in [5.74, 6) is 4.39. The van der Waals surface area contributed by atoms with Crippen LogP contribution in [0.25, 0.3) is 0 Å². The Balaban J connectivity index is 2.37.